The Hall–Kier alpha value is -3.50. The van der Waals surface area contributed by atoms with Gasteiger partial charge in [0.1, 0.15) is 24.3 Å². The summed E-state index contributed by atoms with van der Waals surface area (Å²) in [7, 11) is 0. The number of nitrogens with one attached hydrogen (secondary N) is 1. The Morgan fingerprint density at radius 3 is 2.26 bits per heavy atom. The molecule has 2 aromatic carbocycles. The number of ether oxygens (including phenoxy) is 2. The van der Waals surface area contributed by atoms with Crippen LogP contribution in [0.1, 0.15) is 53.5 Å². The number of halogens is 5. The van der Waals surface area contributed by atoms with E-state index in [0.717, 1.165) is 30.6 Å². The first-order chi connectivity index (χ1) is 17.5. The van der Waals surface area contributed by atoms with Crippen molar-refractivity contribution in [3.8, 4) is 17.0 Å². The fourth-order valence-electron chi connectivity index (χ4n) is 4.14. The van der Waals surface area contributed by atoms with Crippen LogP contribution in [-0.4, -0.2) is 33.8 Å². The average molecular weight is 540 g/mol. The highest BCUT2D eigenvalue weighted by molar-refractivity contribution is 5.92. The van der Waals surface area contributed by atoms with Gasteiger partial charge >= 0.3 is 12.3 Å². The minimum atomic E-state index is -4.81. The predicted molar refractivity (Wildman–Crippen MR) is 133 cm³/mol. The fourth-order valence-corrected chi connectivity index (χ4v) is 4.14. The number of rotatable bonds is 7. The second-order valence-corrected chi connectivity index (χ2v) is 10.8. The molecule has 3 aromatic rings. The largest absolute Gasteiger partial charge is 0.491 e. The van der Waals surface area contributed by atoms with E-state index in [4.69, 9.17) is 9.47 Å². The number of carbonyl (C=O) groups excluding carboxylic acids is 1. The molecule has 1 aromatic heterocycles. The molecular formula is C27H30F5N3O3. The summed E-state index contributed by atoms with van der Waals surface area (Å²) >= 11 is 0. The second-order valence-electron chi connectivity index (χ2n) is 10.8. The Kier molecular flexibility index (Phi) is 8.18. The zero-order valence-electron chi connectivity index (χ0n) is 22.0. The van der Waals surface area contributed by atoms with E-state index in [9.17, 15) is 26.7 Å². The van der Waals surface area contributed by atoms with Crippen molar-refractivity contribution in [2.75, 3.05) is 6.61 Å². The van der Waals surface area contributed by atoms with Gasteiger partial charge in [0, 0.05) is 17.0 Å². The zero-order valence-corrected chi connectivity index (χ0v) is 22.0. The van der Waals surface area contributed by atoms with Gasteiger partial charge in [-0.25, -0.2) is 23.5 Å². The van der Waals surface area contributed by atoms with Crippen molar-refractivity contribution >= 4 is 17.0 Å². The van der Waals surface area contributed by atoms with Crippen LogP contribution in [0.5, 0.6) is 5.75 Å². The third-order valence-corrected chi connectivity index (χ3v) is 5.44. The van der Waals surface area contributed by atoms with Gasteiger partial charge in [0.25, 0.3) is 0 Å². The van der Waals surface area contributed by atoms with Gasteiger partial charge < -0.3 is 14.8 Å². The number of amides is 1. The average Bonchev–Trinajstić information content (AvgIpc) is 2.75. The van der Waals surface area contributed by atoms with Crippen LogP contribution in [0.3, 0.4) is 0 Å². The Morgan fingerprint density at radius 1 is 1.00 bits per heavy atom. The Bertz CT molecular complexity index is 1320. The minimum Gasteiger partial charge on any atom is -0.491 e. The summed E-state index contributed by atoms with van der Waals surface area (Å²) in [5.41, 5.74) is -2.83. The van der Waals surface area contributed by atoms with Crippen molar-refractivity contribution in [1.82, 2.24) is 15.3 Å². The first-order valence-corrected chi connectivity index (χ1v) is 11.9. The Balaban J connectivity index is 1.96. The molecular weight excluding hydrogens is 509 g/mol. The van der Waals surface area contributed by atoms with Crippen molar-refractivity contribution in [2.45, 2.75) is 65.3 Å². The van der Waals surface area contributed by atoms with Crippen LogP contribution >= 0.6 is 0 Å². The van der Waals surface area contributed by atoms with Crippen molar-refractivity contribution in [3.05, 3.63) is 53.9 Å². The number of hydrogen-bond acceptors (Lipinski definition) is 5. The summed E-state index contributed by atoms with van der Waals surface area (Å²) in [6.45, 7) is 10.3. The molecule has 0 saturated carbocycles. The summed E-state index contributed by atoms with van der Waals surface area (Å²) in [5.74, 6) is -2.69. The number of nitrogens with zero attached hydrogens (tertiary/aromatic N) is 2. The molecule has 38 heavy (non-hydrogen) atoms. The molecule has 0 unspecified atom stereocenters. The molecule has 1 N–H and O–H groups in total. The third kappa shape index (κ3) is 7.29. The maximum atomic E-state index is 14.1. The van der Waals surface area contributed by atoms with E-state index in [1.165, 1.54) is 6.07 Å². The van der Waals surface area contributed by atoms with Crippen LogP contribution in [0.4, 0.5) is 26.7 Å². The maximum Gasteiger partial charge on any atom is 0.419 e. The van der Waals surface area contributed by atoms with Gasteiger partial charge in [-0.05, 0) is 64.3 Å². The van der Waals surface area contributed by atoms with Gasteiger partial charge in [0.2, 0.25) is 0 Å². The molecule has 0 aliphatic heterocycles. The number of carbonyl (C=O) groups is 1. The lowest BCUT2D eigenvalue weighted by molar-refractivity contribution is -0.139. The van der Waals surface area contributed by atoms with E-state index in [2.05, 4.69) is 15.3 Å². The van der Waals surface area contributed by atoms with Crippen molar-refractivity contribution in [1.29, 1.82) is 0 Å². The van der Waals surface area contributed by atoms with Crippen LogP contribution in [0.15, 0.2) is 36.7 Å². The smallest absolute Gasteiger partial charge is 0.419 e. The molecule has 0 radical (unpaired) electrons. The molecule has 0 aliphatic rings. The zero-order chi connectivity index (χ0) is 28.5. The van der Waals surface area contributed by atoms with E-state index >= 15 is 0 Å². The normalized spacial score (nSPS) is 13.9. The standard InChI is InChI=1S/C27H30F5N3O3/c1-15(2)12-26(6,35-24(36)38-25(3,4)5)13-37-22-8-7-16(9-18(22)27(30,31)32)23-17-10-19(28)20(29)11-21(17)33-14-34-23/h7-11,14-15H,12-13H2,1-6H3,(H,35,36)/t26-/m0/s1. The van der Waals surface area contributed by atoms with E-state index in [-0.39, 0.29) is 34.7 Å². The van der Waals surface area contributed by atoms with Gasteiger partial charge in [-0.15, -0.1) is 0 Å². The lowest BCUT2D eigenvalue weighted by Crippen LogP contribution is -2.52. The first-order valence-electron chi connectivity index (χ1n) is 11.9. The Labute approximate surface area is 217 Å². The van der Waals surface area contributed by atoms with E-state index < -0.39 is 46.4 Å². The predicted octanol–water partition coefficient (Wildman–Crippen LogP) is 7.30. The highest BCUT2D eigenvalue weighted by Crippen LogP contribution is 2.40. The van der Waals surface area contributed by atoms with Gasteiger partial charge in [0.15, 0.2) is 11.6 Å². The summed E-state index contributed by atoms with van der Waals surface area (Å²) < 4.78 is 80.8. The van der Waals surface area contributed by atoms with Crippen LogP contribution in [0.2, 0.25) is 0 Å². The summed E-state index contributed by atoms with van der Waals surface area (Å²) in [6.07, 6.45) is -4.05. The first kappa shape index (κ1) is 29.1. The van der Waals surface area contributed by atoms with Gasteiger partial charge in [-0.2, -0.15) is 13.2 Å². The van der Waals surface area contributed by atoms with E-state index in [1.807, 2.05) is 13.8 Å². The molecule has 0 saturated heterocycles. The number of hydrogen-bond donors (Lipinski definition) is 1. The molecule has 0 fully saturated rings. The molecule has 6 nitrogen and oxygen atoms in total. The molecule has 0 aliphatic carbocycles. The van der Waals surface area contributed by atoms with Crippen LogP contribution in [0.25, 0.3) is 22.2 Å². The molecule has 206 valence electrons. The van der Waals surface area contributed by atoms with Crippen molar-refractivity contribution in [2.24, 2.45) is 5.92 Å². The number of alkyl halides is 3. The second kappa shape index (κ2) is 10.7. The van der Waals surface area contributed by atoms with Crippen molar-refractivity contribution < 1.29 is 36.2 Å². The summed E-state index contributed by atoms with van der Waals surface area (Å²) in [4.78, 5) is 20.3. The molecule has 1 atom stereocenters. The third-order valence-electron chi connectivity index (χ3n) is 5.44. The fraction of sp³-hybridized carbons (Fsp3) is 0.444. The molecule has 1 heterocycles. The monoisotopic (exact) mass is 539 g/mol. The summed E-state index contributed by atoms with van der Waals surface area (Å²) in [6, 6.07) is 5.01. The molecule has 11 heteroatoms. The summed E-state index contributed by atoms with van der Waals surface area (Å²) in [5, 5.41) is 2.78. The Morgan fingerprint density at radius 2 is 1.66 bits per heavy atom. The van der Waals surface area contributed by atoms with Crippen LogP contribution < -0.4 is 10.1 Å². The van der Waals surface area contributed by atoms with Gasteiger partial charge in [0.05, 0.1) is 22.3 Å². The van der Waals surface area contributed by atoms with E-state index in [0.29, 0.717) is 6.42 Å². The SMILES string of the molecule is CC(C)C[C@@](C)(COc1ccc(-c2ncnc3cc(F)c(F)cc23)cc1C(F)(F)F)NC(=O)OC(C)(C)C. The minimum absolute atomic E-state index is 0.00203. The van der Waals surface area contributed by atoms with Gasteiger partial charge in [-0.3, -0.25) is 0 Å². The number of alkyl carbamates (subject to hydrolysis) is 1. The van der Waals surface area contributed by atoms with Crippen molar-refractivity contribution in [3.63, 3.8) is 0 Å². The maximum absolute atomic E-state index is 14.1. The molecule has 0 bridgehead atoms. The molecule has 1 amide bonds. The topological polar surface area (TPSA) is 73.3 Å². The van der Waals surface area contributed by atoms with Crippen LogP contribution in [-0.2, 0) is 10.9 Å². The lowest BCUT2D eigenvalue weighted by atomic mass is 9.91. The lowest BCUT2D eigenvalue weighted by Gasteiger charge is -2.33. The van der Waals surface area contributed by atoms with E-state index in [1.54, 1.807) is 27.7 Å². The molecule has 0 spiro atoms. The number of aromatic nitrogens is 2. The number of benzene rings is 2. The highest BCUT2D eigenvalue weighted by atomic mass is 19.4. The quantitative estimate of drug-likeness (QED) is 0.319. The molecule has 3 rings (SSSR count). The van der Waals surface area contributed by atoms with Crippen LogP contribution in [0, 0.1) is 17.6 Å². The number of fused-ring (bicyclic) bond motifs is 1. The highest BCUT2D eigenvalue weighted by Gasteiger charge is 2.37. The van der Waals surface area contributed by atoms with Gasteiger partial charge in [-0.1, -0.05) is 13.8 Å².